The minimum atomic E-state index is -0.355. The lowest BCUT2D eigenvalue weighted by Gasteiger charge is -2.14. The van der Waals surface area contributed by atoms with Crippen molar-refractivity contribution in [2.75, 3.05) is 23.1 Å². The van der Waals surface area contributed by atoms with Crippen LogP contribution in [0.25, 0.3) is 15.3 Å². The first-order valence-electron chi connectivity index (χ1n) is 9.77. The fourth-order valence-corrected chi connectivity index (χ4v) is 4.62. The van der Waals surface area contributed by atoms with Gasteiger partial charge in [-0.05, 0) is 13.0 Å². The Bertz CT molecular complexity index is 1340. The van der Waals surface area contributed by atoms with Gasteiger partial charge in [0.2, 0.25) is 5.91 Å². The number of carbonyl (C=O) groups excluding carboxylic acids is 2. The van der Waals surface area contributed by atoms with Crippen LogP contribution in [0.4, 0.5) is 11.4 Å². The number of pyridine rings is 1. The predicted molar refractivity (Wildman–Crippen MR) is 120 cm³/mol. The highest BCUT2D eigenvalue weighted by atomic mass is 35.5. The maximum atomic E-state index is 13.0. The van der Waals surface area contributed by atoms with Gasteiger partial charge in [0.25, 0.3) is 5.91 Å². The van der Waals surface area contributed by atoms with Crippen molar-refractivity contribution in [3.05, 3.63) is 47.8 Å². The predicted octanol–water partition coefficient (Wildman–Crippen LogP) is 2.92. The Labute approximate surface area is 191 Å². The topological polar surface area (TPSA) is 115 Å². The first-order valence-corrected chi connectivity index (χ1v) is 11.1. The number of nitrogens with one attached hydrogen (secondary N) is 2. The van der Waals surface area contributed by atoms with Crippen LogP contribution in [0.3, 0.4) is 0 Å². The molecule has 0 aromatic carbocycles. The van der Waals surface area contributed by atoms with Crippen LogP contribution in [-0.4, -0.2) is 48.7 Å². The molecule has 2 N–H and O–H groups in total. The van der Waals surface area contributed by atoms with E-state index in [2.05, 4.69) is 25.8 Å². The SMILES string of the molecule is Cc1ncc(NC(=O)CCl)cc1NC(=O)c1cnn2cc(-c3cnn4c3COCC4)sc12. The van der Waals surface area contributed by atoms with E-state index >= 15 is 0 Å². The molecular weight excluding hydrogens is 454 g/mol. The lowest BCUT2D eigenvalue weighted by molar-refractivity contribution is -0.113. The van der Waals surface area contributed by atoms with Gasteiger partial charge in [-0.2, -0.15) is 10.2 Å². The second-order valence-corrected chi connectivity index (χ2v) is 8.47. The number of hydrogen-bond acceptors (Lipinski definition) is 7. The van der Waals surface area contributed by atoms with E-state index in [1.165, 1.54) is 23.7 Å². The molecule has 0 atom stereocenters. The molecule has 0 aliphatic carbocycles. The summed E-state index contributed by atoms with van der Waals surface area (Å²) in [5.74, 6) is -0.844. The highest BCUT2D eigenvalue weighted by Gasteiger charge is 2.21. The molecule has 0 bridgehead atoms. The van der Waals surface area contributed by atoms with Crippen molar-refractivity contribution in [3.63, 3.8) is 0 Å². The molecule has 0 spiro atoms. The van der Waals surface area contributed by atoms with Gasteiger partial charge in [-0.1, -0.05) is 0 Å². The van der Waals surface area contributed by atoms with E-state index in [-0.39, 0.29) is 17.7 Å². The van der Waals surface area contributed by atoms with Crippen LogP contribution < -0.4 is 10.6 Å². The van der Waals surface area contributed by atoms with Crippen molar-refractivity contribution in [3.8, 4) is 10.4 Å². The minimum Gasteiger partial charge on any atom is -0.373 e. The van der Waals surface area contributed by atoms with Crippen molar-refractivity contribution < 1.29 is 14.3 Å². The van der Waals surface area contributed by atoms with E-state index in [9.17, 15) is 9.59 Å². The maximum absolute atomic E-state index is 13.0. The molecule has 164 valence electrons. The molecule has 0 unspecified atom stereocenters. The summed E-state index contributed by atoms with van der Waals surface area (Å²) in [6.07, 6.45) is 6.75. The minimum absolute atomic E-state index is 0.169. The van der Waals surface area contributed by atoms with E-state index < -0.39 is 0 Å². The number of carbonyl (C=O) groups is 2. The number of anilines is 2. The fraction of sp³-hybridized carbons (Fsp3) is 0.250. The smallest absolute Gasteiger partial charge is 0.260 e. The lowest BCUT2D eigenvalue weighted by Crippen LogP contribution is -2.17. The summed E-state index contributed by atoms with van der Waals surface area (Å²) in [7, 11) is 0. The average molecular weight is 472 g/mol. The molecule has 10 nitrogen and oxygen atoms in total. The summed E-state index contributed by atoms with van der Waals surface area (Å²) >= 11 is 7.00. The van der Waals surface area contributed by atoms with Crippen molar-refractivity contribution in [2.45, 2.75) is 20.1 Å². The zero-order chi connectivity index (χ0) is 22.2. The van der Waals surface area contributed by atoms with Gasteiger partial charge in [0.15, 0.2) is 0 Å². The molecule has 5 heterocycles. The summed E-state index contributed by atoms with van der Waals surface area (Å²) in [5, 5.41) is 14.3. The van der Waals surface area contributed by atoms with E-state index in [1.807, 2.05) is 17.1 Å². The number of thiazole rings is 1. The van der Waals surface area contributed by atoms with Crippen LogP contribution in [0.15, 0.2) is 30.9 Å². The molecule has 0 saturated heterocycles. The van der Waals surface area contributed by atoms with Gasteiger partial charge in [-0.25, -0.2) is 4.52 Å². The normalized spacial score (nSPS) is 13.2. The molecule has 0 radical (unpaired) electrons. The highest BCUT2D eigenvalue weighted by Crippen LogP contribution is 2.34. The molecule has 32 heavy (non-hydrogen) atoms. The summed E-state index contributed by atoms with van der Waals surface area (Å²) in [5.41, 5.74) is 3.99. The Kier molecular flexibility index (Phi) is 5.37. The van der Waals surface area contributed by atoms with Gasteiger partial charge in [-0.3, -0.25) is 19.3 Å². The second kappa shape index (κ2) is 8.34. The maximum Gasteiger partial charge on any atom is 0.260 e. The molecule has 4 aromatic rings. The van der Waals surface area contributed by atoms with Crippen LogP contribution in [0.5, 0.6) is 0 Å². The number of amides is 2. The van der Waals surface area contributed by atoms with Crippen molar-refractivity contribution >= 4 is 51.0 Å². The van der Waals surface area contributed by atoms with E-state index in [4.69, 9.17) is 16.3 Å². The third-order valence-corrected chi connectivity index (χ3v) is 6.47. The molecule has 1 aliphatic heterocycles. The standard InChI is InChI=1S/C20H18ClN7O3S/c1-11-15(4-12(6-22-11)25-18(29)5-21)26-19(30)14-8-24-28-9-17(32-20(14)28)13-7-23-27-2-3-31-10-16(13)27/h4,6-9H,2-3,5,10H2,1H3,(H,25,29)(H,26,30). The zero-order valence-corrected chi connectivity index (χ0v) is 18.5. The summed E-state index contributed by atoms with van der Waals surface area (Å²) in [4.78, 5) is 30.5. The number of ether oxygens (including phenoxy) is 1. The van der Waals surface area contributed by atoms with Crippen LogP contribution >= 0.6 is 22.9 Å². The Morgan fingerprint density at radius 2 is 2.12 bits per heavy atom. The van der Waals surface area contributed by atoms with Gasteiger partial charge in [-0.15, -0.1) is 22.9 Å². The lowest BCUT2D eigenvalue weighted by atomic mass is 10.2. The van der Waals surface area contributed by atoms with E-state index in [1.54, 1.807) is 17.5 Å². The zero-order valence-electron chi connectivity index (χ0n) is 17.0. The highest BCUT2D eigenvalue weighted by molar-refractivity contribution is 7.21. The molecule has 0 fully saturated rings. The number of fused-ring (bicyclic) bond motifs is 2. The molecule has 5 rings (SSSR count). The molecule has 2 amide bonds. The first-order chi connectivity index (χ1) is 15.5. The summed E-state index contributed by atoms with van der Waals surface area (Å²) in [6.45, 7) is 3.65. The Balaban J connectivity index is 1.42. The molecule has 0 saturated carbocycles. The Morgan fingerprint density at radius 1 is 1.25 bits per heavy atom. The molecule has 1 aliphatic rings. The van der Waals surface area contributed by atoms with Crippen molar-refractivity contribution in [2.24, 2.45) is 0 Å². The van der Waals surface area contributed by atoms with Crippen molar-refractivity contribution in [1.82, 2.24) is 24.4 Å². The number of hydrogen-bond donors (Lipinski definition) is 2. The monoisotopic (exact) mass is 471 g/mol. The number of aryl methyl sites for hydroxylation is 1. The largest absolute Gasteiger partial charge is 0.373 e. The molecule has 4 aromatic heterocycles. The number of rotatable bonds is 5. The van der Waals surface area contributed by atoms with Crippen LogP contribution in [0.2, 0.25) is 0 Å². The quantitative estimate of drug-likeness (QED) is 0.432. The number of nitrogens with zero attached hydrogens (tertiary/aromatic N) is 5. The van der Waals surface area contributed by atoms with Crippen LogP contribution in [0, 0.1) is 6.92 Å². The third-order valence-electron chi connectivity index (χ3n) is 5.08. The second-order valence-electron chi connectivity index (χ2n) is 7.18. The summed E-state index contributed by atoms with van der Waals surface area (Å²) in [6, 6.07) is 1.64. The van der Waals surface area contributed by atoms with Crippen molar-refractivity contribution in [1.29, 1.82) is 0 Å². The van der Waals surface area contributed by atoms with Gasteiger partial charge < -0.3 is 15.4 Å². The third kappa shape index (κ3) is 3.74. The van der Waals surface area contributed by atoms with Gasteiger partial charge in [0.05, 0.1) is 71.6 Å². The Morgan fingerprint density at radius 3 is 2.97 bits per heavy atom. The molecule has 12 heteroatoms. The van der Waals surface area contributed by atoms with Gasteiger partial charge in [0, 0.05) is 11.8 Å². The summed E-state index contributed by atoms with van der Waals surface area (Å²) < 4.78 is 9.20. The van der Waals surface area contributed by atoms with Crippen LogP contribution in [-0.2, 0) is 22.7 Å². The first kappa shape index (κ1) is 20.6. The number of halogens is 1. The average Bonchev–Trinajstić information content (AvgIpc) is 3.49. The van der Waals surface area contributed by atoms with Gasteiger partial charge >= 0.3 is 0 Å². The Hall–Kier alpha value is -3.28. The van der Waals surface area contributed by atoms with E-state index in [0.717, 1.165) is 22.7 Å². The van der Waals surface area contributed by atoms with Crippen LogP contribution in [0.1, 0.15) is 21.7 Å². The van der Waals surface area contributed by atoms with E-state index in [0.29, 0.717) is 40.7 Å². The van der Waals surface area contributed by atoms with Gasteiger partial charge in [0.1, 0.15) is 10.7 Å². The molecular formula is C20H18ClN7O3S. The number of alkyl halides is 1. The number of aromatic nitrogens is 5. The fourth-order valence-electron chi connectivity index (χ4n) is 3.46.